The van der Waals surface area contributed by atoms with Crippen LogP contribution in [0.3, 0.4) is 0 Å². The van der Waals surface area contributed by atoms with E-state index in [0.29, 0.717) is 21.8 Å². The van der Waals surface area contributed by atoms with Gasteiger partial charge in [0.1, 0.15) is 15.5 Å². The number of carbonyl (C=O) groups is 1. The van der Waals surface area contributed by atoms with Crippen LogP contribution in [0, 0.1) is 10.6 Å². The molecule has 0 aliphatic carbocycles. The van der Waals surface area contributed by atoms with Gasteiger partial charge >= 0.3 is 0 Å². The predicted octanol–water partition coefficient (Wildman–Crippen LogP) is 5.19. The highest BCUT2D eigenvalue weighted by molar-refractivity contribution is 7.92. The van der Waals surface area contributed by atoms with E-state index in [1.165, 1.54) is 60.9 Å². The largest absolute Gasteiger partial charge is 0.397 e. The summed E-state index contributed by atoms with van der Waals surface area (Å²) >= 11 is 0. The topological polar surface area (TPSA) is 109 Å². The molecular formula is C24H19FN4O2S. The van der Waals surface area contributed by atoms with Gasteiger partial charge in [-0.3, -0.25) is 9.78 Å². The number of benzene rings is 3. The first kappa shape index (κ1) is 21.2. The minimum absolute atomic E-state index is 0.290. The molecule has 3 aromatic carbocycles. The number of hydrogen-bond donors (Lipinski definition) is 3. The third kappa shape index (κ3) is 4.35. The molecule has 160 valence electrons. The third-order valence-corrected chi connectivity index (χ3v) is 6.78. The fourth-order valence-corrected chi connectivity index (χ4v) is 4.44. The number of anilines is 2. The third-order valence-electron chi connectivity index (χ3n) is 4.91. The Balaban J connectivity index is 1.56. The molecular weight excluding hydrogens is 427 g/mol. The normalized spacial score (nSPS) is 12.7. The van der Waals surface area contributed by atoms with Crippen molar-refractivity contribution in [2.75, 3.05) is 11.1 Å². The fraction of sp³-hybridized carbons (Fsp3) is 0. The number of nitrogens with one attached hydrogen (secondary N) is 2. The Kier molecular flexibility index (Phi) is 5.70. The molecule has 1 unspecified atom stereocenters. The van der Waals surface area contributed by atoms with Gasteiger partial charge in [0.25, 0.3) is 5.91 Å². The van der Waals surface area contributed by atoms with Gasteiger partial charge < -0.3 is 11.1 Å². The molecule has 4 aromatic rings. The van der Waals surface area contributed by atoms with Gasteiger partial charge in [-0.25, -0.2) is 13.4 Å². The Hall–Kier alpha value is -4.04. The molecule has 0 aliphatic heterocycles. The highest BCUT2D eigenvalue weighted by Crippen LogP contribution is 2.28. The molecule has 0 fully saturated rings. The van der Waals surface area contributed by atoms with Crippen molar-refractivity contribution < 1.29 is 13.4 Å². The lowest BCUT2D eigenvalue weighted by Crippen LogP contribution is -2.13. The second-order valence-corrected chi connectivity index (χ2v) is 9.08. The van der Waals surface area contributed by atoms with Crippen LogP contribution < -0.4 is 11.1 Å². The molecule has 1 aromatic heterocycles. The average molecular weight is 447 g/mol. The number of nitrogen functional groups attached to an aromatic ring is 1. The number of amides is 1. The van der Waals surface area contributed by atoms with Crippen molar-refractivity contribution >= 4 is 27.0 Å². The minimum Gasteiger partial charge on any atom is -0.397 e. The smallest absolute Gasteiger partial charge is 0.255 e. The van der Waals surface area contributed by atoms with Gasteiger partial charge in [0.05, 0.1) is 21.2 Å². The molecule has 6 nitrogen and oxygen atoms in total. The maximum Gasteiger partial charge on any atom is 0.255 e. The van der Waals surface area contributed by atoms with Crippen LogP contribution in [0.15, 0.2) is 101 Å². The van der Waals surface area contributed by atoms with E-state index in [9.17, 15) is 13.4 Å². The number of rotatable bonds is 5. The SMILES string of the molecule is N=S(=O)(c1ccncc1)c1ccc(C(=O)Nc2cc(-c3ccc(F)cc3)ccc2N)cc1. The van der Waals surface area contributed by atoms with Crippen molar-refractivity contribution in [3.63, 3.8) is 0 Å². The highest BCUT2D eigenvalue weighted by Gasteiger charge is 2.15. The van der Waals surface area contributed by atoms with Crippen molar-refractivity contribution in [3.8, 4) is 11.1 Å². The monoisotopic (exact) mass is 446 g/mol. The van der Waals surface area contributed by atoms with E-state index in [2.05, 4.69) is 10.3 Å². The van der Waals surface area contributed by atoms with E-state index in [4.69, 9.17) is 10.5 Å². The van der Waals surface area contributed by atoms with Crippen molar-refractivity contribution in [1.29, 1.82) is 4.78 Å². The van der Waals surface area contributed by atoms with Gasteiger partial charge in [0.2, 0.25) is 0 Å². The van der Waals surface area contributed by atoms with Crippen molar-refractivity contribution in [3.05, 3.63) is 103 Å². The van der Waals surface area contributed by atoms with E-state index in [1.54, 1.807) is 30.3 Å². The van der Waals surface area contributed by atoms with E-state index in [-0.39, 0.29) is 10.7 Å². The molecule has 1 amide bonds. The lowest BCUT2D eigenvalue weighted by atomic mass is 10.0. The van der Waals surface area contributed by atoms with E-state index in [1.807, 2.05) is 0 Å². The lowest BCUT2D eigenvalue weighted by molar-refractivity contribution is 0.102. The quantitative estimate of drug-likeness (QED) is 0.367. The van der Waals surface area contributed by atoms with Crippen molar-refractivity contribution in [2.45, 2.75) is 9.79 Å². The van der Waals surface area contributed by atoms with Gasteiger partial charge in [-0.05, 0) is 71.8 Å². The summed E-state index contributed by atoms with van der Waals surface area (Å²) < 4.78 is 34.4. The molecule has 0 aliphatic rings. The molecule has 4 N–H and O–H groups in total. The summed E-state index contributed by atoms with van der Waals surface area (Å²) in [6.07, 6.45) is 2.96. The van der Waals surface area contributed by atoms with E-state index < -0.39 is 15.6 Å². The molecule has 0 radical (unpaired) electrons. The Bertz CT molecular complexity index is 1370. The molecule has 4 rings (SSSR count). The van der Waals surface area contributed by atoms with Crippen LogP contribution in [0.25, 0.3) is 11.1 Å². The first-order chi connectivity index (χ1) is 15.3. The summed E-state index contributed by atoms with van der Waals surface area (Å²) in [6.45, 7) is 0. The van der Waals surface area contributed by atoms with Crippen LogP contribution in [0.4, 0.5) is 15.8 Å². The van der Waals surface area contributed by atoms with Crippen LogP contribution in [0.1, 0.15) is 10.4 Å². The van der Waals surface area contributed by atoms with Crippen LogP contribution in [0.5, 0.6) is 0 Å². The number of halogens is 1. The van der Waals surface area contributed by atoms with Crippen molar-refractivity contribution in [1.82, 2.24) is 4.98 Å². The van der Waals surface area contributed by atoms with Gasteiger partial charge in [0.15, 0.2) is 0 Å². The summed E-state index contributed by atoms with van der Waals surface area (Å²) in [7, 11) is -3.20. The van der Waals surface area contributed by atoms with E-state index in [0.717, 1.165) is 11.1 Å². The number of nitrogens with two attached hydrogens (primary N) is 1. The minimum atomic E-state index is -3.20. The zero-order valence-electron chi connectivity index (χ0n) is 16.8. The second kappa shape index (κ2) is 8.60. The van der Waals surface area contributed by atoms with Crippen LogP contribution in [-0.2, 0) is 9.73 Å². The lowest BCUT2D eigenvalue weighted by Gasteiger charge is -2.12. The maximum absolute atomic E-state index is 13.2. The number of pyridine rings is 1. The summed E-state index contributed by atoms with van der Waals surface area (Å²) in [5.74, 6) is -0.735. The number of hydrogen-bond acceptors (Lipinski definition) is 5. The second-order valence-electron chi connectivity index (χ2n) is 7.03. The number of carbonyl (C=O) groups excluding carboxylic acids is 1. The zero-order valence-corrected chi connectivity index (χ0v) is 17.6. The molecule has 0 saturated heterocycles. The first-order valence-electron chi connectivity index (χ1n) is 9.60. The van der Waals surface area contributed by atoms with Crippen LogP contribution >= 0.6 is 0 Å². The van der Waals surface area contributed by atoms with Gasteiger partial charge in [-0.15, -0.1) is 0 Å². The number of nitrogens with zero attached hydrogens (tertiary/aromatic N) is 1. The van der Waals surface area contributed by atoms with Gasteiger partial charge in [-0.1, -0.05) is 18.2 Å². The first-order valence-corrected chi connectivity index (χ1v) is 11.2. The average Bonchev–Trinajstić information content (AvgIpc) is 2.81. The molecule has 0 saturated carbocycles. The Morgan fingerprint density at radius 2 is 1.47 bits per heavy atom. The zero-order chi connectivity index (χ0) is 22.7. The Labute approximate surface area is 184 Å². The molecule has 1 atom stereocenters. The summed E-state index contributed by atoms with van der Waals surface area (Å²) in [5, 5.41) is 2.77. The standard InChI is InChI=1S/C24H19FN4O2S/c25-19-6-1-16(2-7-19)18-5-10-22(26)23(15-18)29-24(30)17-3-8-20(9-4-17)32(27,31)21-11-13-28-14-12-21/h1-15,27H,26H2,(H,29,30). The molecule has 8 heteroatoms. The molecule has 32 heavy (non-hydrogen) atoms. The molecule has 0 bridgehead atoms. The molecule has 1 heterocycles. The summed E-state index contributed by atoms with van der Waals surface area (Å²) in [4.78, 5) is 17.3. The van der Waals surface area contributed by atoms with Crippen LogP contribution in [0.2, 0.25) is 0 Å². The van der Waals surface area contributed by atoms with Gasteiger partial charge in [-0.2, -0.15) is 0 Å². The van der Waals surface area contributed by atoms with Gasteiger partial charge in [0, 0.05) is 18.0 Å². The Morgan fingerprint density at radius 1 is 0.875 bits per heavy atom. The van der Waals surface area contributed by atoms with Crippen molar-refractivity contribution in [2.24, 2.45) is 0 Å². The predicted molar refractivity (Wildman–Crippen MR) is 122 cm³/mol. The summed E-state index contributed by atoms with van der Waals surface area (Å²) in [6, 6.07) is 20.3. The van der Waals surface area contributed by atoms with E-state index >= 15 is 0 Å². The molecule has 0 spiro atoms. The number of aromatic nitrogens is 1. The summed E-state index contributed by atoms with van der Waals surface area (Å²) in [5.41, 5.74) is 8.70. The fourth-order valence-electron chi connectivity index (χ4n) is 3.14. The Morgan fingerprint density at radius 3 is 2.12 bits per heavy atom. The van der Waals surface area contributed by atoms with Crippen LogP contribution in [-0.4, -0.2) is 15.1 Å². The maximum atomic E-state index is 13.2. The highest BCUT2D eigenvalue weighted by atomic mass is 32.2.